The average molecular weight is 770 g/mol. The molecule has 0 aromatic heterocycles. The number of oxime groups is 1. The van der Waals surface area contributed by atoms with E-state index >= 15 is 0 Å². The lowest BCUT2D eigenvalue weighted by Gasteiger charge is -2.46. The summed E-state index contributed by atoms with van der Waals surface area (Å²) in [5.74, 6) is -2.72. The number of hydrogen-bond donors (Lipinski definition) is 2. The molecule has 0 saturated carbocycles. The molecule has 1 aromatic carbocycles. The van der Waals surface area contributed by atoms with Crippen LogP contribution in [0.1, 0.15) is 85.3 Å². The van der Waals surface area contributed by atoms with E-state index in [1.807, 2.05) is 52.8 Å². The van der Waals surface area contributed by atoms with Gasteiger partial charge in [0.1, 0.15) is 36.4 Å². The molecule has 4 aliphatic heterocycles. The van der Waals surface area contributed by atoms with Crippen molar-refractivity contribution in [3.8, 4) is 6.07 Å². The number of fused-ring (bicyclic) bond motifs is 4. The van der Waals surface area contributed by atoms with Gasteiger partial charge in [-0.15, -0.1) is 0 Å². The molecule has 304 valence electrons. The molecular formula is C40H59N5O10. The van der Waals surface area contributed by atoms with Gasteiger partial charge in [-0.25, -0.2) is 4.99 Å². The normalized spacial score (nSPS) is 39.8. The number of nitrogens with zero attached hydrogens (tertiary/aromatic N) is 4. The second-order valence-corrected chi connectivity index (χ2v) is 16.2. The molecule has 4 heterocycles. The van der Waals surface area contributed by atoms with Crippen molar-refractivity contribution in [2.75, 3.05) is 27.3 Å². The van der Waals surface area contributed by atoms with E-state index in [1.54, 1.807) is 39.0 Å². The first kappa shape index (κ1) is 42.5. The Morgan fingerprint density at radius 1 is 1.13 bits per heavy atom. The molecule has 3 saturated heterocycles. The number of ether oxygens (including phenoxy) is 6. The number of rotatable bonds is 7. The number of aliphatic imine (C=N–C) groups is 1. The lowest BCUT2D eigenvalue weighted by atomic mass is 9.75. The van der Waals surface area contributed by atoms with Crippen LogP contribution in [0.2, 0.25) is 0 Å². The predicted molar refractivity (Wildman–Crippen MR) is 202 cm³/mol. The highest BCUT2D eigenvalue weighted by Crippen LogP contribution is 2.41. The van der Waals surface area contributed by atoms with Gasteiger partial charge in [-0.1, -0.05) is 38.1 Å². The number of hydrogen-bond acceptors (Lipinski definition) is 15. The van der Waals surface area contributed by atoms with Crippen LogP contribution in [-0.2, 0) is 49.5 Å². The number of aliphatic hydroxyl groups excluding tert-OH is 1. The first-order chi connectivity index (χ1) is 26.0. The molecule has 15 heteroatoms. The Balaban J connectivity index is 1.56. The Hall–Kier alpha value is -3.65. The summed E-state index contributed by atoms with van der Waals surface area (Å²) in [6, 6.07) is 8.12. The smallest absolute Gasteiger partial charge is 0.311 e. The first-order valence-electron chi connectivity index (χ1n) is 19.3. The SMILES string of the molecule is CC[C@H]1OC(=O)[C@H](C)[C@H]2C[C@@H](OC3O[C@H](C)C[C@H](N(C)C)[C@H]3O)[C@](C)(C[C@@H](C)C(=O)[C@H](C)C3N=C(N)OC31C)OC/C(=N/OCc1cccc(C#N)c1)CO2. The van der Waals surface area contributed by atoms with Crippen molar-refractivity contribution in [1.82, 2.24) is 4.90 Å². The lowest BCUT2D eigenvalue weighted by Crippen LogP contribution is -2.58. The molecule has 1 aromatic rings. The number of esters is 1. The second kappa shape index (κ2) is 17.7. The number of carbonyl (C=O) groups excluding carboxylic acids is 2. The zero-order chi connectivity index (χ0) is 40.2. The summed E-state index contributed by atoms with van der Waals surface area (Å²) in [5.41, 5.74) is 5.37. The Bertz CT molecular complexity index is 1630. The highest BCUT2D eigenvalue weighted by atomic mass is 16.7. The predicted octanol–water partition coefficient (Wildman–Crippen LogP) is 3.48. The second-order valence-electron chi connectivity index (χ2n) is 16.2. The monoisotopic (exact) mass is 769 g/mol. The molecule has 3 fully saturated rings. The van der Waals surface area contributed by atoms with Crippen molar-refractivity contribution in [2.45, 2.75) is 141 Å². The van der Waals surface area contributed by atoms with Crippen LogP contribution >= 0.6 is 0 Å². The highest BCUT2D eigenvalue weighted by molar-refractivity contribution is 5.87. The van der Waals surface area contributed by atoms with Crippen LogP contribution in [0.4, 0.5) is 0 Å². The van der Waals surface area contributed by atoms with E-state index in [4.69, 9.17) is 39.0 Å². The van der Waals surface area contributed by atoms with E-state index in [0.717, 1.165) is 5.56 Å². The van der Waals surface area contributed by atoms with Crippen LogP contribution in [0.5, 0.6) is 0 Å². The van der Waals surface area contributed by atoms with Crippen LogP contribution in [0.3, 0.4) is 0 Å². The molecule has 2 bridgehead atoms. The number of carbonyl (C=O) groups is 2. The minimum absolute atomic E-state index is 0.0540. The van der Waals surface area contributed by atoms with Gasteiger partial charge in [0.05, 0.1) is 54.7 Å². The molecule has 0 radical (unpaired) electrons. The largest absolute Gasteiger partial charge is 0.458 e. The third-order valence-corrected chi connectivity index (χ3v) is 11.7. The number of nitrogens with two attached hydrogens (primary N) is 1. The molecule has 13 atom stereocenters. The van der Waals surface area contributed by atoms with Crippen LogP contribution in [0.15, 0.2) is 34.4 Å². The van der Waals surface area contributed by atoms with Gasteiger partial charge >= 0.3 is 5.97 Å². The molecular weight excluding hydrogens is 710 g/mol. The molecule has 0 spiro atoms. The number of cyclic esters (lactones) is 1. The van der Waals surface area contributed by atoms with Crippen molar-refractivity contribution >= 4 is 23.5 Å². The maximum Gasteiger partial charge on any atom is 0.311 e. The lowest BCUT2D eigenvalue weighted by molar-refractivity contribution is -0.294. The van der Waals surface area contributed by atoms with E-state index in [9.17, 15) is 20.0 Å². The van der Waals surface area contributed by atoms with Crippen LogP contribution < -0.4 is 5.73 Å². The maximum atomic E-state index is 14.4. The summed E-state index contributed by atoms with van der Waals surface area (Å²) in [7, 11) is 3.80. The van der Waals surface area contributed by atoms with Gasteiger partial charge in [0.2, 0.25) is 0 Å². The summed E-state index contributed by atoms with van der Waals surface area (Å²) < 4.78 is 38.6. The zero-order valence-electron chi connectivity index (χ0n) is 33.6. The van der Waals surface area contributed by atoms with Crippen LogP contribution in [0.25, 0.3) is 0 Å². The standard InChI is InChI=1S/C40H59N5O10/c1-10-31-40(7)35(43-38(42)55-40)25(5)33(46)22(2)17-39(6)32(54-37-34(47)29(45(8)9)14-23(3)52-37)16-30(24(4)36(48)53-31)49-20-28(21-50-39)44-51-19-27-13-11-12-26(15-27)18-41/h11-13,15,22-25,29-32,34-35,37,47H,10,14,16-17,19-21H2,1-9H3,(H2,42,43)/b44-28+/t22-,23-,24-,25+,29+,30-,31-,32-,34-,35?,37?,39+,40?/m1/s1. The Morgan fingerprint density at radius 2 is 1.87 bits per heavy atom. The Kier molecular flexibility index (Phi) is 13.6. The summed E-state index contributed by atoms with van der Waals surface area (Å²) in [4.78, 5) is 40.9. The molecule has 3 N–H and O–H groups in total. The number of aliphatic hydroxyl groups is 1. The van der Waals surface area contributed by atoms with Crippen molar-refractivity contribution in [1.29, 1.82) is 5.26 Å². The topological polar surface area (TPSA) is 197 Å². The van der Waals surface area contributed by atoms with Crippen LogP contribution in [-0.4, -0.2) is 121 Å². The van der Waals surface area contributed by atoms with Gasteiger partial charge in [-0.05, 0) is 78.7 Å². The number of nitriles is 1. The van der Waals surface area contributed by atoms with E-state index in [0.29, 0.717) is 24.1 Å². The molecule has 0 aliphatic carbocycles. The fourth-order valence-electron chi connectivity index (χ4n) is 8.41. The molecule has 5 rings (SSSR count). The summed E-state index contributed by atoms with van der Waals surface area (Å²) in [6.07, 6.45) is -3.44. The number of Topliss-reactive ketones (excluding diaryl/α,β-unsaturated/α-hetero) is 1. The number of amidine groups is 1. The van der Waals surface area contributed by atoms with Crippen molar-refractivity contribution in [2.24, 2.45) is 33.6 Å². The van der Waals surface area contributed by atoms with Gasteiger partial charge in [-0.3, -0.25) is 9.59 Å². The van der Waals surface area contributed by atoms with Crippen molar-refractivity contribution in [3.63, 3.8) is 0 Å². The average Bonchev–Trinajstić information content (AvgIpc) is 3.49. The minimum Gasteiger partial charge on any atom is -0.458 e. The number of likely N-dealkylation sites (N-methyl/N-ethyl adjacent to an activating group) is 1. The molecule has 55 heavy (non-hydrogen) atoms. The van der Waals surface area contributed by atoms with E-state index in [-0.39, 0.29) is 56.6 Å². The Labute approximate surface area is 324 Å². The summed E-state index contributed by atoms with van der Waals surface area (Å²) in [5, 5.41) is 25.3. The fourth-order valence-corrected chi connectivity index (χ4v) is 8.41. The number of ketones is 1. The molecule has 0 amide bonds. The van der Waals surface area contributed by atoms with Crippen LogP contribution in [0, 0.1) is 29.1 Å². The van der Waals surface area contributed by atoms with E-state index in [1.165, 1.54) is 0 Å². The number of benzene rings is 1. The van der Waals surface area contributed by atoms with Gasteiger partial charge in [0, 0.05) is 24.3 Å². The third kappa shape index (κ3) is 9.49. The highest BCUT2D eigenvalue weighted by Gasteiger charge is 2.55. The van der Waals surface area contributed by atoms with E-state index in [2.05, 4.69) is 16.2 Å². The first-order valence-corrected chi connectivity index (χ1v) is 19.3. The summed E-state index contributed by atoms with van der Waals surface area (Å²) in [6.45, 7) is 12.8. The third-order valence-electron chi connectivity index (χ3n) is 11.7. The van der Waals surface area contributed by atoms with Crippen molar-refractivity contribution < 1.29 is 48.0 Å². The molecule has 15 nitrogen and oxygen atoms in total. The Morgan fingerprint density at radius 3 is 2.56 bits per heavy atom. The van der Waals surface area contributed by atoms with Gasteiger partial charge in [0.25, 0.3) is 6.02 Å². The minimum atomic E-state index is -1.21. The molecule has 3 unspecified atom stereocenters. The maximum absolute atomic E-state index is 14.4. The summed E-state index contributed by atoms with van der Waals surface area (Å²) >= 11 is 0. The fraction of sp³-hybridized carbons (Fsp3) is 0.725. The van der Waals surface area contributed by atoms with Gasteiger partial charge in [-0.2, -0.15) is 5.26 Å². The van der Waals surface area contributed by atoms with Crippen molar-refractivity contribution in [3.05, 3.63) is 35.4 Å². The molecule has 4 aliphatic rings. The quantitative estimate of drug-likeness (QED) is 0.302. The van der Waals surface area contributed by atoms with E-state index < -0.39 is 71.7 Å². The van der Waals surface area contributed by atoms with Gasteiger partial charge < -0.3 is 49.0 Å². The zero-order valence-corrected chi connectivity index (χ0v) is 33.6. The van der Waals surface area contributed by atoms with Gasteiger partial charge in [0.15, 0.2) is 11.9 Å².